The Morgan fingerprint density at radius 3 is 1.11 bits per heavy atom. The molecule has 12 N–H and O–H groups in total. The van der Waals surface area contributed by atoms with Crippen molar-refractivity contribution < 1.29 is 28.8 Å². The van der Waals surface area contributed by atoms with Crippen LogP contribution in [0.2, 0.25) is 0 Å². The zero-order valence-electron chi connectivity index (χ0n) is 32.4. The standard InChI is InChI=1S/C39H66N10O6/c40-28-13-16-42-19-25(28)37(53)46-30-11-5-2-8-23(30)35(51)49-33-15-18-44-21-27(33)39(55)47-31-12-6-3-9-24(31)36(52)48-32-14-17-43-20-26(32)38(54)45-29-10-4-1-7-22(29)34(41)50/h22-33,42-44H,1-21,40H2,(H2,41,50)(H,45,54)(H,46,53)(H,47,55)(H,48,52)(H,49,51)/t22-,23-,24-,25-,26-,27-,28-,29-,30-,31-,32-,33-/m1/s1. The van der Waals surface area contributed by atoms with E-state index >= 15 is 0 Å². The molecule has 6 rings (SSSR count). The quantitative estimate of drug-likeness (QED) is 0.118. The van der Waals surface area contributed by atoms with Crippen LogP contribution in [0.5, 0.6) is 0 Å². The zero-order chi connectivity index (χ0) is 38.9. The lowest BCUT2D eigenvalue weighted by atomic mass is 9.81. The minimum Gasteiger partial charge on any atom is -0.369 e. The molecule has 16 heteroatoms. The fourth-order valence-electron chi connectivity index (χ4n) is 10.1. The van der Waals surface area contributed by atoms with Gasteiger partial charge in [-0.25, -0.2) is 0 Å². The van der Waals surface area contributed by atoms with Crippen LogP contribution < -0.4 is 54.0 Å². The largest absolute Gasteiger partial charge is 0.369 e. The van der Waals surface area contributed by atoms with Gasteiger partial charge in [-0.1, -0.05) is 38.5 Å². The molecule has 55 heavy (non-hydrogen) atoms. The van der Waals surface area contributed by atoms with Crippen LogP contribution in [0.1, 0.15) is 96.3 Å². The van der Waals surface area contributed by atoms with Gasteiger partial charge in [-0.3, -0.25) is 28.8 Å². The molecule has 12 atom stereocenters. The fraction of sp³-hybridized carbons (Fsp3) is 0.846. The third kappa shape index (κ3) is 10.5. The van der Waals surface area contributed by atoms with Crippen molar-refractivity contribution in [2.24, 2.45) is 47.0 Å². The molecule has 0 radical (unpaired) electrons. The van der Waals surface area contributed by atoms with E-state index in [0.717, 1.165) is 57.9 Å². The molecular weight excluding hydrogens is 704 g/mol. The maximum atomic E-state index is 14.0. The predicted octanol–water partition coefficient (Wildman–Crippen LogP) is -1.38. The zero-order valence-corrected chi connectivity index (χ0v) is 32.4. The summed E-state index contributed by atoms with van der Waals surface area (Å²) in [5.41, 5.74) is 11.9. The van der Waals surface area contributed by atoms with E-state index in [1.54, 1.807) is 0 Å². The van der Waals surface area contributed by atoms with Crippen LogP contribution in [-0.2, 0) is 28.8 Å². The van der Waals surface area contributed by atoms with Gasteiger partial charge in [0.05, 0.1) is 35.5 Å². The number of nitrogens with two attached hydrogens (primary N) is 2. The van der Waals surface area contributed by atoms with Crippen molar-refractivity contribution >= 4 is 35.4 Å². The van der Waals surface area contributed by atoms with Gasteiger partial charge in [0.25, 0.3) is 0 Å². The second kappa shape index (κ2) is 19.7. The molecule has 3 heterocycles. The van der Waals surface area contributed by atoms with Crippen LogP contribution in [0.3, 0.4) is 0 Å². The second-order valence-electron chi connectivity index (χ2n) is 17.1. The third-order valence-electron chi connectivity index (χ3n) is 13.5. The molecule has 3 aliphatic heterocycles. The Kier molecular flexibility index (Phi) is 14.8. The summed E-state index contributed by atoms with van der Waals surface area (Å²) in [6.45, 7) is 3.46. The highest BCUT2D eigenvalue weighted by Crippen LogP contribution is 2.29. The predicted molar refractivity (Wildman–Crippen MR) is 206 cm³/mol. The van der Waals surface area contributed by atoms with Crippen molar-refractivity contribution in [2.75, 3.05) is 39.3 Å². The summed E-state index contributed by atoms with van der Waals surface area (Å²) >= 11 is 0. The number of nitrogens with one attached hydrogen (secondary N) is 8. The monoisotopic (exact) mass is 771 g/mol. The smallest absolute Gasteiger partial charge is 0.226 e. The number of primary amides is 1. The van der Waals surface area contributed by atoms with Gasteiger partial charge in [-0.15, -0.1) is 0 Å². The number of hydrogen-bond donors (Lipinski definition) is 10. The van der Waals surface area contributed by atoms with Crippen LogP contribution in [0, 0.1) is 35.5 Å². The average molecular weight is 771 g/mol. The molecule has 3 saturated carbocycles. The Hall–Kier alpha value is -3.34. The molecule has 16 nitrogen and oxygen atoms in total. The number of hydrogen-bond acceptors (Lipinski definition) is 10. The summed E-state index contributed by atoms with van der Waals surface area (Å²) in [6.07, 6.45) is 11.4. The van der Waals surface area contributed by atoms with E-state index in [1.165, 1.54) is 0 Å². The number of carbonyl (C=O) groups is 6. The topological polar surface area (TPSA) is 251 Å². The number of rotatable bonds is 11. The van der Waals surface area contributed by atoms with Gasteiger partial charge >= 0.3 is 0 Å². The van der Waals surface area contributed by atoms with Gasteiger partial charge in [0, 0.05) is 55.9 Å². The molecule has 6 aliphatic rings. The van der Waals surface area contributed by atoms with Crippen molar-refractivity contribution in [3.05, 3.63) is 0 Å². The first kappa shape index (κ1) is 41.3. The first-order valence-electron chi connectivity index (χ1n) is 21.3. The Morgan fingerprint density at radius 2 is 0.691 bits per heavy atom. The third-order valence-corrected chi connectivity index (χ3v) is 13.5. The van der Waals surface area contributed by atoms with Crippen molar-refractivity contribution in [3.8, 4) is 0 Å². The first-order chi connectivity index (χ1) is 26.6. The summed E-state index contributed by atoms with van der Waals surface area (Å²) in [5, 5.41) is 25.7. The normalized spacial score (nSPS) is 37.0. The van der Waals surface area contributed by atoms with Crippen molar-refractivity contribution in [1.82, 2.24) is 42.5 Å². The lowest BCUT2D eigenvalue weighted by Crippen LogP contribution is -2.61. The SMILES string of the molecule is NC(=O)[C@@H]1CCCC[C@H]1NC(=O)[C@@H]1CNCC[C@H]1NC(=O)[C@@H]1CCCC[C@H]1NC(=O)[C@@H]1CNCC[C@H]1NC(=O)[C@@H]1CCCC[C@H]1NC(=O)[C@@H]1CNCC[C@H]1N. The van der Waals surface area contributed by atoms with Crippen molar-refractivity contribution in [3.63, 3.8) is 0 Å². The van der Waals surface area contributed by atoms with Gasteiger partial charge in [0.2, 0.25) is 35.4 Å². The molecule has 0 aromatic heterocycles. The Bertz CT molecular complexity index is 1380. The summed E-state index contributed by atoms with van der Waals surface area (Å²) in [7, 11) is 0. The molecule has 0 bridgehead atoms. The average Bonchev–Trinajstić information content (AvgIpc) is 3.19. The number of amides is 6. The Balaban J connectivity index is 1.04. The van der Waals surface area contributed by atoms with Crippen LogP contribution >= 0.6 is 0 Å². The van der Waals surface area contributed by atoms with E-state index in [0.29, 0.717) is 77.7 Å². The van der Waals surface area contributed by atoms with E-state index in [9.17, 15) is 28.8 Å². The van der Waals surface area contributed by atoms with E-state index < -0.39 is 23.7 Å². The van der Waals surface area contributed by atoms with Gasteiger partial charge < -0.3 is 54.0 Å². The molecule has 0 unspecified atom stereocenters. The van der Waals surface area contributed by atoms with Crippen molar-refractivity contribution in [2.45, 2.75) is 133 Å². The molecule has 0 aromatic carbocycles. The fourth-order valence-corrected chi connectivity index (χ4v) is 10.1. The lowest BCUT2D eigenvalue weighted by molar-refractivity contribution is -0.133. The minimum absolute atomic E-state index is 0.105. The molecule has 6 fully saturated rings. The Morgan fingerprint density at radius 1 is 0.382 bits per heavy atom. The van der Waals surface area contributed by atoms with Crippen LogP contribution in [0.15, 0.2) is 0 Å². The molecule has 0 spiro atoms. The van der Waals surface area contributed by atoms with E-state index in [-0.39, 0.29) is 83.5 Å². The molecular formula is C39H66N10O6. The molecule has 308 valence electrons. The Labute approximate surface area is 325 Å². The van der Waals surface area contributed by atoms with E-state index in [2.05, 4.69) is 42.5 Å². The van der Waals surface area contributed by atoms with Crippen LogP contribution in [0.25, 0.3) is 0 Å². The first-order valence-corrected chi connectivity index (χ1v) is 21.3. The molecule has 3 aliphatic carbocycles. The van der Waals surface area contributed by atoms with Gasteiger partial charge in [-0.05, 0) is 77.4 Å². The highest BCUT2D eigenvalue weighted by molar-refractivity contribution is 5.87. The summed E-state index contributed by atoms with van der Waals surface area (Å²) < 4.78 is 0. The van der Waals surface area contributed by atoms with Gasteiger partial charge in [0.1, 0.15) is 0 Å². The molecule has 3 saturated heterocycles. The maximum absolute atomic E-state index is 14.0. The minimum atomic E-state index is -0.521. The lowest BCUT2D eigenvalue weighted by Gasteiger charge is -2.39. The van der Waals surface area contributed by atoms with Crippen molar-refractivity contribution in [1.29, 1.82) is 0 Å². The molecule has 6 amide bonds. The van der Waals surface area contributed by atoms with Gasteiger partial charge in [-0.2, -0.15) is 0 Å². The highest BCUT2D eigenvalue weighted by Gasteiger charge is 2.42. The van der Waals surface area contributed by atoms with Gasteiger partial charge in [0.15, 0.2) is 0 Å². The number of carbonyl (C=O) groups excluding carboxylic acids is 6. The van der Waals surface area contributed by atoms with E-state index in [4.69, 9.17) is 11.5 Å². The maximum Gasteiger partial charge on any atom is 0.226 e. The molecule has 0 aromatic rings. The van der Waals surface area contributed by atoms with Crippen LogP contribution in [-0.4, -0.2) is 111 Å². The summed E-state index contributed by atoms with van der Waals surface area (Å²) in [5.74, 6) is -3.73. The van der Waals surface area contributed by atoms with Crippen LogP contribution in [0.4, 0.5) is 0 Å². The number of piperidine rings is 3. The second-order valence-corrected chi connectivity index (χ2v) is 17.1. The summed E-state index contributed by atoms with van der Waals surface area (Å²) in [4.78, 5) is 80.7. The summed E-state index contributed by atoms with van der Waals surface area (Å²) in [6, 6.07) is -1.92. The van der Waals surface area contributed by atoms with E-state index in [1.807, 2.05) is 0 Å². The highest BCUT2D eigenvalue weighted by atomic mass is 16.2.